The van der Waals surface area contributed by atoms with Crippen molar-refractivity contribution in [2.24, 2.45) is 0 Å². The first kappa shape index (κ1) is 25.9. The van der Waals surface area contributed by atoms with E-state index >= 15 is 4.39 Å². The highest BCUT2D eigenvalue weighted by Gasteiger charge is 2.47. The molecule has 202 valence electrons. The number of aromatic nitrogens is 2. The van der Waals surface area contributed by atoms with Crippen LogP contribution < -0.4 is 0 Å². The van der Waals surface area contributed by atoms with E-state index < -0.39 is 11.7 Å². The Hall–Kier alpha value is -3.36. The number of halogens is 1. The van der Waals surface area contributed by atoms with Crippen LogP contribution in [0.15, 0.2) is 60.7 Å². The van der Waals surface area contributed by atoms with Gasteiger partial charge >= 0.3 is 6.09 Å². The molecule has 2 aliphatic rings. The fourth-order valence-corrected chi connectivity index (χ4v) is 6.57. The summed E-state index contributed by atoms with van der Waals surface area (Å²) in [5.41, 5.74) is 3.66. The monoisotopic (exact) mass is 545 g/mol. The van der Waals surface area contributed by atoms with Crippen molar-refractivity contribution in [3.05, 3.63) is 83.3 Å². The molecule has 39 heavy (non-hydrogen) atoms. The molecule has 1 aliphatic carbocycles. The van der Waals surface area contributed by atoms with Gasteiger partial charge in [-0.15, -0.1) is 0 Å². The first-order valence-electron chi connectivity index (χ1n) is 13.4. The maximum Gasteiger partial charge on any atom is 0.410 e. The summed E-state index contributed by atoms with van der Waals surface area (Å²) in [4.78, 5) is 24.7. The molecule has 2 aromatic carbocycles. The Labute approximate surface area is 231 Å². The van der Waals surface area contributed by atoms with Crippen molar-refractivity contribution in [1.29, 1.82) is 0 Å². The Morgan fingerprint density at radius 2 is 1.90 bits per heavy atom. The number of hydrogen-bond donors (Lipinski definition) is 1. The zero-order valence-corrected chi connectivity index (χ0v) is 23.2. The second kappa shape index (κ2) is 9.68. The summed E-state index contributed by atoms with van der Waals surface area (Å²) in [5.74, 6) is -0.448. The van der Waals surface area contributed by atoms with Gasteiger partial charge in [-0.05, 0) is 75.4 Å². The number of amides is 1. The van der Waals surface area contributed by atoms with Crippen LogP contribution in [0.2, 0.25) is 0 Å². The van der Waals surface area contributed by atoms with Gasteiger partial charge in [-0.1, -0.05) is 47.7 Å². The Balaban J connectivity index is 1.24. The molecule has 1 aliphatic heterocycles. The summed E-state index contributed by atoms with van der Waals surface area (Å²) in [5, 5.41) is 10.5. The van der Waals surface area contributed by atoms with Crippen molar-refractivity contribution >= 4 is 27.8 Å². The van der Waals surface area contributed by atoms with Crippen LogP contribution in [0, 0.1) is 5.82 Å². The second-order valence-electron chi connectivity index (χ2n) is 11.6. The first-order valence-corrected chi connectivity index (χ1v) is 14.2. The SMILES string of the molecule is CC(C)(C)OC(=O)N1CC(c2ccc(-c3nc4ccc(C5(c6ccccc6)CC5)nc4s3)c(F)c2)CC1CO. The van der Waals surface area contributed by atoms with Gasteiger partial charge in [0.1, 0.15) is 26.8 Å². The van der Waals surface area contributed by atoms with Crippen LogP contribution in [0.5, 0.6) is 0 Å². The molecule has 2 atom stereocenters. The van der Waals surface area contributed by atoms with Gasteiger partial charge in [0.2, 0.25) is 0 Å². The molecule has 3 heterocycles. The number of hydrogen-bond acceptors (Lipinski definition) is 6. The van der Waals surface area contributed by atoms with E-state index in [-0.39, 0.29) is 29.8 Å². The molecule has 6 nitrogen and oxygen atoms in total. The quantitative estimate of drug-likeness (QED) is 0.303. The summed E-state index contributed by atoms with van der Waals surface area (Å²) >= 11 is 1.40. The predicted octanol–water partition coefficient (Wildman–Crippen LogP) is 6.66. The average Bonchev–Trinajstić information content (AvgIpc) is 3.42. The van der Waals surface area contributed by atoms with Crippen LogP contribution in [0.25, 0.3) is 20.9 Å². The molecule has 8 heteroatoms. The van der Waals surface area contributed by atoms with Gasteiger partial charge in [0, 0.05) is 23.4 Å². The molecule has 0 spiro atoms. The van der Waals surface area contributed by atoms with E-state index in [0.717, 1.165) is 34.4 Å². The molecular formula is C31H32FN3O3S. The van der Waals surface area contributed by atoms with Gasteiger partial charge in [0.25, 0.3) is 0 Å². The highest BCUT2D eigenvalue weighted by Crippen LogP contribution is 2.53. The minimum atomic E-state index is -0.628. The van der Waals surface area contributed by atoms with E-state index in [4.69, 9.17) is 14.7 Å². The number of aliphatic hydroxyl groups excluding tert-OH is 1. The number of thiazole rings is 1. The van der Waals surface area contributed by atoms with Crippen LogP contribution >= 0.6 is 11.3 Å². The molecule has 2 aromatic heterocycles. The summed E-state index contributed by atoms with van der Waals surface area (Å²) in [6.45, 7) is 5.64. The number of nitrogens with zero attached hydrogens (tertiary/aromatic N) is 3. The summed E-state index contributed by atoms with van der Waals surface area (Å²) in [6.07, 6.45) is 2.23. The molecular weight excluding hydrogens is 513 g/mol. The zero-order valence-electron chi connectivity index (χ0n) is 22.4. The molecule has 2 unspecified atom stereocenters. The minimum Gasteiger partial charge on any atom is -0.444 e. The molecule has 0 radical (unpaired) electrons. The number of fused-ring (bicyclic) bond motifs is 1. The number of carbonyl (C=O) groups excluding carboxylic acids is 1. The lowest BCUT2D eigenvalue weighted by Gasteiger charge is -2.27. The molecule has 2 fully saturated rings. The van der Waals surface area contributed by atoms with Crippen LogP contribution in [0.4, 0.5) is 9.18 Å². The lowest BCUT2D eigenvalue weighted by atomic mass is 9.92. The number of rotatable bonds is 5. The first-order chi connectivity index (χ1) is 18.7. The van der Waals surface area contributed by atoms with E-state index in [9.17, 15) is 9.90 Å². The van der Waals surface area contributed by atoms with Crippen molar-refractivity contribution in [2.45, 2.75) is 63.0 Å². The van der Waals surface area contributed by atoms with Crippen molar-refractivity contribution < 1.29 is 19.0 Å². The van der Waals surface area contributed by atoms with Gasteiger partial charge < -0.3 is 14.7 Å². The maximum atomic E-state index is 15.5. The van der Waals surface area contributed by atoms with Gasteiger partial charge in [-0.2, -0.15) is 0 Å². The third kappa shape index (κ3) is 4.92. The third-order valence-corrected chi connectivity index (χ3v) is 8.77. The number of aliphatic hydroxyl groups is 1. The molecule has 4 aromatic rings. The third-order valence-electron chi connectivity index (χ3n) is 7.77. The highest BCUT2D eigenvalue weighted by molar-refractivity contribution is 7.21. The highest BCUT2D eigenvalue weighted by atomic mass is 32.1. The smallest absolute Gasteiger partial charge is 0.410 e. The van der Waals surface area contributed by atoms with Crippen LogP contribution in [0.1, 0.15) is 62.8 Å². The standard InChI is InChI=1S/C31H32FN3O3S/c1-30(2,3)38-29(37)35-17-20(15-22(35)18-36)19-9-10-23(24(32)16-19)27-33-25-11-12-26(34-28(25)39-27)31(13-14-31)21-7-5-4-6-8-21/h4-12,16,20,22,36H,13-15,17-18H2,1-3H3. The minimum absolute atomic E-state index is 0.0343. The van der Waals surface area contributed by atoms with Crippen molar-refractivity contribution in [1.82, 2.24) is 14.9 Å². The lowest BCUT2D eigenvalue weighted by molar-refractivity contribution is 0.0174. The van der Waals surface area contributed by atoms with Gasteiger partial charge in [0.05, 0.1) is 18.3 Å². The van der Waals surface area contributed by atoms with E-state index in [0.29, 0.717) is 23.5 Å². The number of likely N-dealkylation sites (tertiary alicyclic amines) is 1. The molecule has 6 rings (SSSR count). The lowest BCUT2D eigenvalue weighted by Crippen LogP contribution is -2.41. The number of benzene rings is 2. The van der Waals surface area contributed by atoms with E-state index in [1.54, 1.807) is 11.0 Å². The number of pyridine rings is 1. The van der Waals surface area contributed by atoms with Crippen molar-refractivity contribution in [3.8, 4) is 10.6 Å². The normalized spacial score (nSPS) is 20.4. The van der Waals surface area contributed by atoms with Crippen molar-refractivity contribution in [3.63, 3.8) is 0 Å². The number of carbonyl (C=O) groups is 1. The van der Waals surface area contributed by atoms with E-state index in [1.165, 1.54) is 23.0 Å². The van der Waals surface area contributed by atoms with Gasteiger partial charge in [0.15, 0.2) is 0 Å². The predicted molar refractivity (Wildman–Crippen MR) is 150 cm³/mol. The Morgan fingerprint density at radius 1 is 1.13 bits per heavy atom. The molecule has 1 amide bonds. The maximum absolute atomic E-state index is 15.5. The van der Waals surface area contributed by atoms with Crippen LogP contribution in [0.3, 0.4) is 0 Å². The zero-order chi connectivity index (χ0) is 27.4. The summed E-state index contributed by atoms with van der Waals surface area (Å²) in [6, 6.07) is 19.4. The molecule has 1 saturated carbocycles. The van der Waals surface area contributed by atoms with Crippen LogP contribution in [-0.2, 0) is 10.2 Å². The fraction of sp³-hybridized carbons (Fsp3) is 0.387. The summed E-state index contributed by atoms with van der Waals surface area (Å²) < 4.78 is 21.0. The van der Waals surface area contributed by atoms with Crippen molar-refractivity contribution in [2.75, 3.05) is 13.2 Å². The molecule has 1 saturated heterocycles. The van der Waals surface area contributed by atoms with Gasteiger partial charge in [-0.25, -0.2) is 19.2 Å². The van der Waals surface area contributed by atoms with E-state index in [2.05, 4.69) is 30.3 Å². The topological polar surface area (TPSA) is 75.5 Å². The second-order valence-corrected chi connectivity index (χ2v) is 12.6. The van der Waals surface area contributed by atoms with Gasteiger partial charge in [-0.3, -0.25) is 0 Å². The van der Waals surface area contributed by atoms with E-state index in [1.807, 2.05) is 39.0 Å². The molecule has 0 bridgehead atoms. The summed E-state index contributed by atoms with van der Waals surface area (Å²) in [7, 11) is 0. The fourth-order valence-electron chi connectivity index (χ4n) is 5.61. The Morgan fingerprint density at radius 3 is 2.56 bits per heavy atom. The molecule has 1 N–H and O–H groups in total. The Bertz CT molecular complexity index is 1530. The average molecular weight is 546 g/mol. The number of ether oxygens (including phenoxy) is 1. The Kier molecular flexibility index (Phi) is 6.43. The largest absolute Gasteiger partial charge is 0.444 e. The van der Waals surface area contributed by atoms with Crippen LogP contribution in [-0.4, -0.2) is 50.9 Å².